The highest BCUT2D eigenvalue weighted by Gasteiger charge is 2.24. The first kappa shape index (κ1) is 12.0. The quantitative estimate of drug-likeness (QED) is 0.799. The summed E-state index contributed by atoms with van der Waals surface area (Å²) >= 11 is 0. The summed E-state index contributed by atoms with van der Waals surface area (Å²) < 4.78 is 1.95. The van der Waals surface area contributed by atoms with Gasteiger partial charge in [-0.25, -0.2) is 14.5 Å². The lowest BCUT2D eigenvalue weighted by Crippen LogP contribution is -2.13. The molecular formula is C13H20N4. The molecule has 17 heavy (non-hydrogen) atoms. The van der Waals surface area contributed by atoms with E-state index < -0.39 is 0 Å². The third kappa shape index (κ3) is 1.92. The standard InChI is InChI=1S/C13H20N4/c1-6-9-11-12(13(3,4)5)16-10(7-2)17(11)15-8-14-9/h8H,6-7H2,1-5H3. The van der Waals surface area contributed by atoms with Gasteiger partial charge in [-0.3, -0.25) is 0 Å². The van der Waals surface area contributed by atoms with Crippen LogP contribution in [0, 0.1) is 0 Å². The van der Waals surface area contributed by atoms with Gasteiger partial charge in [-0.2, -0.15) is 5.10 Å². The maximum absolute atomic E-state index is 4.75. The first-order valence-electron chi connectivity index (χ1n) is 6.21. The van der Waals surface area contributed by atoms with E-state index in [4.69, 9.17) is 4.98 Å². The Hall–Kier alpha value is -1.45. The van der Waals surface area contributed by atoms with Gasteiger partial charge in [0.15, 0.2) is 0 Å². The molecule has 0 aliphatic carbocycles. The largest absolute Gasteiger partial charge is 0.237 e. The molecule has 2 aromatic heterocycles. The zero-order valence-electron chi connectivity index (χ0n) is 11.3. The fraction of sp³-hybridized carbons (Fsp3) is 0.615. The van der Waals surface area contributed by atoms with Crippen molar-refractivity contribution in [2.24, 2.45) is 0 Å². The van der Waals surface area contributed by atoms with Crippen LogP contribution in [0.25, 0.3) is 5.52 Å². The van der Waals surface area contributed by atoms with Gasteiger partial charge in [0.1, 0.15) is 17.7 Å². The fourth-order valence-corrected chi connectivity index (χ4v) is 2.06. The maximum atomic E-state index is 4.75. The van der Waals surface area contributed by atoms with Crippen molar-refractivity contribution >= 4 is 5.52 Å². The minimum atomic E-state index is 0.0211. The number of hydrogen-bond acceptors (Lipinski definition) is 3. The van der Waals surface area contributed by atoms with Gasteiger partial charge in [0.2, 0.25) is 0 Å². The molecule has 2 aromatic rings. The van der Waals surface area contributed by atoms with Crippen molar-refractivity contribution in [2.75, 3.05) is 0 Å². The van der Waals surface area contributed by atoms with E-state index in [9.17, 15) is 0 Å². The van der Waals surface area contributed by atoms with Crippen molar-refractivity contribution < 1.29 is 0 Å². The van der Waals surface area contributed by atoms with Crippen molar-refractivity contribution in [3.8, 4) is 0 Å². The first-order chi connectivity index (χ1) is 7.99. The monoisotopic (exact) mass is 232 g/mol. The number of nitrogens with zero attached hydrogens (tertiary/aromatic N) is 4. The van der Waals surface area contributed by atoms with Gasteiger partial charge < -0.3 is 0 Å². The normalized spacial score (nSPS) is 12.3. The van der Waals surface area contributed by atoms with E-state index in [0.29, 0.717) is 0 Å². The molecule has 0 aliphatic heterocycles. The molecule has 0 fully saturated rings. The SMILES string of the molecule is CCc1ncnn2c(CC)nc(C(C)(C)C)c12. The van der Waals surface area contributed by atoms with Crippen molar-refractivity contribution in [3.63, 3.8) is 0 Å². The molecule has 0 atom stereocenters. The van der Waals surface area contributed by atoms with E-state index in [1.807, 2.05) is 4.52 Å². The van der Waals surface area contributed by atoms with E-state index in [1.165, 1.54) is 0 Å². The smallest absolute Gasteiger partial charge is 0.136 e. The highest BCUT2D eigenvalue weighted by atomic mass is 15.3. The number of aromatic nitrogens is 4. The number of hydrogen-bond donors (Lipinski definition) is 0. The minimum Gasteiger partial charge on any atom is -0.237 e. The highest BCUT2D eigenvalue weighted by Crippen LogP contribution is 2.27. The Balaban J connectivity index is 2.84. The van der Waals surface area contributed by atoms with Gasteiger partial charge in [0, 0.05) is 11.8 Å². The predicted octanol–water partition coefficient (Wildman–Crippen LogP) is 2.55. The molecule has 0 radical (unpaired) electrons. The van der Waals surface area contributed by atoms with Crippen LogP contribution in [0.4, 0.5) is 0 Å². The molecule has 0 saturated heterocycles. The van der Waals surface area contributed by atoms with E-state index in [2.05, 4.69) is 44.7 Å². The van der Waals surface area contributed by atoms with E-state index in [0.717, 1.165) is 35.6 Å². The molecule has 0 N–H and O–H groups in total. The van der Waals surface area contributed by atoms with Crippen LogP contribution in [-0.2, 0) is 18.3 Å². The molecule has 0 spiro atoms. The van der Waals surface area contributed by atoms with Gasteiger partial charge in [0.25, 0.3) is 0 Å². The highest BCUT2D eigenvalue weighted by molar-refractivity contribution is 5.59. The Morgan fingerprint density at radius 1 is 1.18 bits per heavy atom. The summed E-state index contributed by atoms with van der Waals surface area (Å²) in [6, 6.07) is 0. The molecular weight excluding hydrogens is 212 g/mol. The Morgan fingerprint density at radius 3 is 2.41 bits per heavy atom. The first-order valence-corrected chi connectivity index (χ1v) is 6.21. The number of fused-ring (bicyclic) bond motifs is 1. The summed E-state index contributed by atoms with van der Waals surface area (Å²) in [7, 11) is 0. The topological polar surface area (TPSA) is 43.1 Å². The van der Waals surface area contributed by atoms with Crippen LogP contribution in [0.15, 0.2) is 6.33 Å². The maximum Gasteiger partial charge on any atom is 0.136 e. The summed E-state index contributed by atoms with van der Waals surface area (Å²) in [5.41, 5.74) is 3.30. The van der Waals surface area contributed by atoms with E-state index in [1.54, 1.807) is 6.33 Å². The van der Waals surface area contributed by atoms with E-state index in [-0.39, 0.29) is 5.41 Å². The lowest BCUT2D eigenvalue weighted by Gasteiger charge is -2.16. The second-order valence-corrected chi connectivity index (χ2v) is 5.30. The van der Waals surface area contributed by atoms with Crippen LogP contribution in [0.2, 0.25) is 0 Å². The minimum absolute atomic E-state index is 0.0211. The van der Waals surface area contributed by atoms with Crippen LogP contribution in [-0.4, -0.2) is 19.6 Å². The predicted molar refractivity (Wildman–Crippen MR) is 68.2 cm³/mol. The van der Waals surface area contributed by atoms with Crippen molar-refractivity contribution in [1.82, 2.24) is 19.6 Å². The summed E-state index contributed by atoms with van der Waals surface area (Å²) in [5.74, 6) is 1.02. The molecule has 0 unspecified atom stereocenters. The van der Waals surface area contributed by atoms with Crippen molar-refractivity contribution in [3.05, 3.63) is 23.5 Å². The zero-order chi connectivity index (χ0) is 12.6. The molecule has 0 saturated carbocycles. The number of aryl methyl sites for hydroxylation is 2. The van der Waals surface area contributed by atoms with Gasteiger partial charge in [-0.05, 0) is 6.42 Å². The fourth-order valence-electron chi connectivity index (χ4n) is 2.06. The van der Waals surface area contributed by atoms with Gasteiger partial charge >= 0.3 is 0 Å². The summed E-state index contributed by atoms with van der Waals surface area (Å²) in [4.78, 5) is 9.12. The van der Waals surface area contributed by atoms with Crippen LogP contribution >= 0.6 is 0 Å². The van der Waals surface area contributed by atoms with Gasteiger partial charge in [-0.15, -0.1) is 0 Å². The molecule has 2 heterocycles. The summed E-state index contributed by atoms with van der Waals surface area (Å²) in [5, 5.41) is 4.34. The van der Waals surface area contributed by atoms with Crippen LogP contribution < -0.4 is 0 Å². The van der Waals surface area contributed by atoms with Crippen LogP contribution in [0.3, 0.4) is 0 Å². The third-order valence-electron chi connectivity index (χ3n) is 2.94. The van der Waals surface area contributed by atoms with Crippen molar-refractivity contribution in [1.29, 1.82) is 0 Å². The van der Waals surface area contributed by atoms with Gasteiger partial charge in [-0.1, -0.05) is 34.6 Å². The molecule has 0 amide bonds. The van der Waals surface area contributed by atoms with Gasteiger partial charge in [0.05, 0.1) is 11.4 Å². The van der Waals surface area contributed by atoms with Crippen LogP contribution in [0.1, 0.15) is 51.8 Å². The second kappa shape index (κ2) is 4.09. The number of imidazole rings is 1. The molecule has 2 rings (SSSR count). The Morgan fingerprint density at radius 2 is 1.88 bits per heavy atom. The summed E-state index contributed by atoms with van der Waals surface area (Å²) in [6.07, 6.45) is 3.42. The Bertz CT molecular complexity index is 534. The molecule has 0 aromatic carbocycles. The van der Waals surface area contributed by atoms with Crippen LogP contribution in [0.5, 0.6) is 0 Å². The summed E-state index contributed by atoms with van der Waals surface area (Å²) in [6.45, 7) is 10.8. The number of rotatable bonds is 2. The van der Waals surface area contributed by atoms with Crippen molar-refractivity contribution in [2.45, 2.75) is 52.9 Å². The molecule has 92 valence electrons. The average molecular weight is 232 g/mol. The zero-order valence-corrected chi connectivity index (χ0v) is 11.3. The molecule has 0 bridgehead atoms. The molecule has 4 nitrogen and oxygen atoms in total. The molecule has 4 heteroatoms. The Kier molecular flexibility index (Phi) is 2.89. The third-order valence-corrected chi connectivity index (χ3v) is 2.94. The Labute approximate surface area is 102 Å². The van der Waals surface area contributed by atoms with E-state index >= 15 is 0 Å². The molecule has 0 aliphatic rings. The average Bonchev–Trinajstić information content (AvgIpc) is 2.67. The lowest BCUT2D eigenvalue weighted by atomic mass is 9.91. The second-order valence-electron chi connectivity index (χ2n) is 5.30. The lowest BCUT2D eigenvalue weighted by molar-refractivity contribution is 0.575.